The second kappa shape index (κ2) is 13.0. The molecule has 40 heavy (non-hydrogen) atoms. The SMILES string of the molecule is CCOc1ncc(N2CCOCC2)cc1S(=O)Nc1ccnc(-c2ccc(CN3CC(C)OC(C)C3)cc2F)c1. The van der Waals surface area contributed by atoms with Crippen molar-refractivity contribution in [3.05, 3.63) is 60.2 Å². The summed E-state index contributed by atoms with van der Waals surface area (Å²) in [5.74, 6) is -0.0380. The quantitative estimate of drug-likeness (QED) is 0.409. The van der Waals surface area contributed by atoms with Gasteiger partial charge < -0.3 is 23.8 Å². The fraction of sp³-hybridized carbons (Fsp3) is 0.448. The first-order chi connectivity index (χ1) is 19.4. The number of morpholine rings is 2. The molecular weight excluding hydrogens is 533 g/mol. The molecule has 0 bridgehead atoms. The lowest BCUT2D eigenvalue weighted by atomic mass is 10.1. The molecule has 2 aliphatic rings. The molecule has 0 radical (unpaired) electrons. The van der Waals surface area contributed by atoms with Gasteiger partial charge in [0, 0.05) is 44.5 Å². The van der Waals surface area contributed by atoms with Crippen LogP contribution in [0.4, 0.5) is 15.8 Å². The Labute approximate surface area is 237 Å². The highest BCUT2D eigenvalue weighted by molar-refractivity contribution is 7.86. The van der Waals surface area contributed by atoms with E-state index in [1.54, 1.807) is 36.7 Å². The van der Waals surface area contributed by atoms with Crippen LogP contribution in [0.5, 0.6) is 5.88 Å². The Morgan fingerprint density at radius 2 is 1.88 bits per heavy atom. The largest absolute Gasteiger partial charge is 0.477 e. The molecule has 214 valence electrons. The molecule has 2 aromatic heterocycles. The Bertz CT molecular complexity index is 1330. The molecule has 2 aliphatic heterocycles. The molecule has 5 rings (SSSR count). The number of anilines is 2. The number of nitrogens with zero attached hydrogens (tertiary/aromatic N) is 4. The molecule has 9 nitrogen and oxygen atoms in total. The Hall–Kier alpha value is -3.12. The van der Waals surface area contributed by atoms with Crippen LogP contribution in [0.3, 0.4) is 0 Å². The smallest absolute Gasteiger partial charge is 0.231 e. The van der Waals surface area contributed by atoms with Gasteiger partial charge in [-0.1, -0.05) is 6.07 Å². The summed E-state index contributed by atoms with van der Waals surface area (Å²) in [7, 11) is -1.68. The fourth-order valence-electron chi connectivity index (χ4n) is 5.13. The lowest BCUT2D eigenvalue weighted by Crippen LogP contribution is -2.44. The van der Waals surface area contributed by atoms with E-state index in [1.165, 1.54) is 0 Å². The molecule has 0 amide bonds. The summed E-state index contributed by atoms with van der Waals surface area (Å²) in [6.07, 6.45) is 3.61. The summed E-state index contributed by atoms with van der Waals surface area (Å²) in [6.45, 7) is 11.4. The van der Waals surface area contributed by atoms with Crippen LogP contribution in [0.1, 0.15) is 26.3 Å². The third-order valence-electron chi connectivity index (χ3n) is 6.84. The number of hydrogen-bond acceptors (Lipinski definition) is 8. The van der Waals surface area contributed by atoms with E-state index in [1.807, 2.05) is 19.1 Å². The average molecular weight is 570 g/mol. The van der Waals surface area contributed by atoms with E-state index in [0.29, 0.717) is 54.1 Å². The van der Waals surface area contributed by atoms with E-state index < -0.39 is 11.0 Å². The maximum Gasteiger partial charge on any atom is 0.231 e. The van der Waals surface area contributed by atoms with Gasteiger partial charge in [0.05, 0.1) is 55.3 Å². The highest BCUT2D eigenvalue weighted by Gasteiger charge is 2.23. The molecular formula is C29H36FN5O4S. The number of halogens is 1. The van der Waals surface area contributed by atoms with E-state index in [2.05, 4.69) is 38.3 Å². The Morgan fingerprint density at radius 3 is 2.60 bits per heavy atom. The van der Waals surface area contributed by atoms with Gasteiger partial charge in [0.2, 0.25) is 5.88 Å². The highest BCUT2D eigenvalue weighted by Crippen LogP contribution is 2.29. The van der Waals surface area contributed by atoms with Crippen LogP contribution in [-0.4, -0.2) is 77.3 Å². The van der Waals surface area contributed by atoms with Gasteiger partial charge in [-0.05, 0) is 56.7 Å². The molecule has 0 saturated carbocycles. The highest BCUT2D eigenvalue weighted by atomic mass is 32.2. The van der Waals surface area contributed by atoms with Crippen molar-refractivity contribution in [2.45, 2.75) is 44.4 Å². The van der Waals surface area contributed by atoms with E-state index in [4.69, 9.17) is 14.2 Å². The zero-order valence-corrected chi connectivity index (χ0v) is 24.0. The molecule has 2 fully saturated rings. The van der Waals surface area contributed by atoms with Crippen molar-refractivity contribution >= 4 is 22.4 Å². The minimum absolute atomic E-state index is 0.153. The Morgan fingerprint density at radius 1 is 1.10 bits per heavy atom. The zero-order chi connectivity index (χ0) is 28.1. The molecule has 2 saturated heterocycles. The molecule has 0 aliphatic carbocycles. The molecule has 3 unspecified atom stereocenters. The number of benzene rings is 1. The normalized spacial score (nSPS) is 20.8. The Kier molecular flexibility index (Phi) is 9.25. The number of aromatic nitrogens is 2. The average Bonchev–Trinajstić information content (AvgIpc) is 2.93. The summed E-state index contributed by atoms with van der Waals surface area (Å²) in [5.41, 5.74) is 3.13. The van der Waals surface area contributed by atoms with Gasteiger partial charge in [0.1, 0.15) is 10.7 Å². The Balaban J connectivity index is 1.32. The molecule has 3 aromatic rings. The van der Waals surface area contributed by atoms with Gasteiger partial charge in [-0.3, -0.25) is 9.88 Å². The maximum absolute atomic E-state index is 15.3. The predicted octanol–water partition coefficient (Wildman–Crippen LogP) is 4.26. The predicted molar refractivity (Wildman–Crippen MR) is 153 cm³/mol. The second-order valence-electron chi connectivity index (χ2n) is 10.1. The van der Waals surface area contributed by atoms with Crippen LogP contribution in [0.25, 0.3) is 11.3 Å². The number of ether oxygens (including phenoxy) is 3. The van der Waals surface area contributed by atoms with Gasteiger partial charge in [-0.25, -0.2) is 13.6 Å². The van der Waals surface area contributed by atoms with E-state index in [9.17, 15) is 4.21 Å². The van der Waals surface area contributed by atoms with Crippen molar-refractivity contribution in [3.8, 4) is 17.1 Å². The van der Waals surface area contributed by atoms with Gasteiger partial charge in [-0.15, -0.1) is 0 Å². The minimum atomic E-state index is -1.68. The van der Waals surface area contributed by atoms with Crippen molar-refractivity contribution < 1.29 is 22.8 Å². The first-order valence-corrected chi connectivity index (χ1v) is 14.8. The number of pyridine rings is 2. The van der Waals surface area contributed by atoms with Gasteiger partial charge in [0.15, 0.2) is 11.0 Å². The van der Waals surface area contributed by atoms with Crippen molar-refractivity contribution in [1.82, 2.24) is 14.9 Å². The lowest BCUT2D eigenvalue weighted by Gasteiger charge is -2.35. The third kappa shape index (κ3) is 6.95. The molecule has 3 atom stereocenters. The first kappa shape index (κ1) is 28.4. The molecule has 0 spiro atoms. The van der Waals surface area contributed by atoms with E-state index >= 15 is 4.39 Å². The van der Waals surface area contributed by atoms with Gasteiger partial charge >= 0.3 is 0 Å². The number of hydrogen-bond donors (Lipinski definition) is 1. The monoisotopic (exact) mass is 569 g/mol. The van der Waals surface area contributed by atoms with Crippen LogP contribution in [0, 0.1) is 5.82 Å². The zero-order valence-electron chi connectivity index (χ0n) is 23.1. The van der Waals surface area contributed by atoms with E-state index in [0.717, 1.165) is 37.4 Å². The van der Waals surface area contributed by atoms with Gasteiger partial charge in [0.25, 0.3) is 0 Å². The molecule has 1 N–H and O–H groups in total. The van der Waals surface area contributed by atoms with E-state index in [-0.39, 0.29) is 18.0 Å². The van der Waals surface area contributed by atoms with Crippen molar-refractivity contribution in [1.29, 1.82) is 0 Å². The summed E-state index contributed by atoms with van der Waals surface area (Å²) >= 11 is 0. The topological polar surface area (TPSA) is 89.1 Å². The van der Waals surface area contributed by atoms with Gasteiger partial charge in [-0.2, -0.15) is 0 Å². The third-order valence-corrected chi connectivity index (χ3v) is 7.96. The fourth-order valence-corrected chi connectivity index (χ4v) is 6.08. The lowest BCUT2D eigenvalue weighted by molar-refractivity contribution is -0.0705. The second-order valence-corrected chi connectivity index (χ2v) is 11.3. The number of nitrogens with one attached hydrogen (secondary N) is 1. The minimum Gasteiger partial charge on any atom is -0.477 e. The summed E-state index contributed by atoms with van der Waals surface area (Å²) in [5, 5.41) is 0. The molecule has 4 heterocycles. The molecule has 11 heteroatoms. The first-order valence-electron chi connectivity index (χ1n) is 13.7. The van der Waals surface area contributed by atoms with Crippen molar-refractivity contribution in [3.63, 3.8) is 0 Å². The maximum atomic E-state index is 15.3. The summed E-state index contributed by atoms with van der Waals surface area (Å²) < 4.78 is 48.7. The van der Waals surface area contributed by atoms with Crippen LogP contribution in [0.15, 0.2) is 53.7 Å². The summed E-state index contributed by atoms with van der Waals surface area (Å²) in [6, 6.07) is 10.5. The van der Waals surface area contributed by atoms with Crippen LogP contribution < -0.4 is 14.4 Å². The number of rotatable bonds is 9. The molecule has 1 aromatic carbocycles. The van der Waals surface area contributed by atoms with Crippen LogP contribution in [0.2, 0.25) is 0 Å². The standard InChI is InChI=1S/C29H36FN5O4S/c1-4-38-29-28(15-24(16-32-29)35-9-11-37-12-10-35)40(36)33-23-7-8-31-27(14-23)25-6-5-22(13-26(25)30)19-34-17-20(2)39-21(3)18-34/h5-8,13-16,20-21H,4,9-12,17-19H2,1-3H3,(H,31,33). The summed E-state index contributed by atoms with van der Waals surface area (Å²) in [4.78, 5) is 13.7. The van der Waals surface area contributed by atoms with Crippen molar-refractivity contribution in [2.75, 3.05) is 55.6 Å². The van der Waals surface area contributed by atoms with Crippen molar-refractivity contribution in [2.24, 2.45) is 0 Å². The van der Waals surface area contributed by atoms with Crippen LogP contribution >= 0.6 is 0 Å². The van der Waals surface area contributed by atoms with Crippen LogP contribution in [-0.2, 0) is 27.0 Å².